The van der Waals surface area contributed by atoms with Crippen molar-refractivity contribution in [3.8, 4) is 0 Å². The summed E-state index contributed by atoms with van der Waals surface area (Å²) in [4.78, 5) is 12.1. The first-order chi connectivity index (χ1) is 9.24. The van der Waals surface area contributed by atoms with Crippen molar-refractivity contribution >= 4 is 5.91 Å². The van der Waals surface area contributed by atoms with E-state index in [9.17, 15) is 9.18 Å². The van der Waals surface area contributed by atoms with E-state index in [1.54, 1.807) is 6.26 Å². The second-order valence-electron chi connectivity index (χ2n) is 4.72. The number of carbonyl (C=O) groups is 1. The Morgan fingerprint density at radius 1 is 1.26 bits per heavy atom. The van der Waals surface area contributed by atoms with Crippen LogP contribution in [0.5, 0.6) is 0 Å². The van der Waals surface area contributed by atoms with E-state index in [0.717, 1.165) is 30.6 Å². The summed E-state index contributed by atoms with van der Waals surface area (Å²) < 4.78 is 18.2. The minimum Gasteiger partial charge on any atom is -0.469 e. The third-order valence-corrected chi connectivity index (χ3v) is 3.46. The molecular formula is C15H14FNO2. The van der Waals surface area contributed by atoms with Crippen LogP contribution in [-0.2, 0) is 6.42 Å². The summed E-state index contributed by atoms with van der Waals surface area (Å²) in [5, 5.41) is 2.98. The van der Waals surface area contributed by atoms with Gasteiger partial charge in [0.05, 0.1) is 12.3 Å². The summed E-state index contributed by atoms with van der Waals surface area (Å²) in [6, 6.07) is 7.45. The first-order valence-corrected chi connectivity index (χ1v) is 6.37. The normalized spacial score (nSPS) is 17.8. The quantitative estimate of drug-likeness (QED) is 0.899. The number of rotatable bonds is 2. The van der Waals surface area contributed by atoms with Crippen LogP contribution >= 0.6 is 0 Å². The monoisotopic (exact) mass is 259 g/mol. The number of benzene rings is 1. The van der Waals surface area contributed by atoms with Crippen molar-refractivity contribution in [3.05, 3.63) is 59.3 Å². The van der Waals surface area contributed by atoms with Gasteiger partial charge in [0.2, 0.25) is 0 Å². The molecule has 0 saturated carbocycles. The zero-order chi connectivity index (χ0) is 13.2. The fraction of sp³-hybridized carbons (Fsp3) is 0.267. The zero-order valence-electron chi connectivity index (χ0n) is 10.4. The number of nitrogens with one attached hydrogen (secondary N) is 1. The van der Waals surface area contributed by atoms with Gasteiger partial charge in [-0.25, -0.2) is 4.39 Å². The molecule has 1 N–H and O–H groups in total. The van der Waals surface area contributed by atoms with Gasteiger partial charge in [0.25, 0.3) is 5.91 Å². The van der Waals surface area contributed by atoms with Crippen LogP contribution in [0, 0.1) is 5.82 Å². The van der Waals surface area contributed by atoms with Crippen molar-refractivity contribution < 1.29 is 13.6 Å². The summed E-state index contributed by atoms with van der Waals surface area (Å²) >= 11 is 0. The Kier molecular flexibility index (Phi) is 3.07. The van der Waals surface area contributed by atoms with E-state index >= 15 is 0 Å². The van der Waals surface area contributed by atoms with Crippen LogP contribution in [0.1, 0.15) is 40.6 Å². The lowest BCUT2D eigenvalue weighted by Crippen LogP contribution is -2.30. The minimum absolute atomic E-state index is 0.0138. The van der Waals surface area contributed by atoms with E-state index in [4.69, 9.17) is 4.42 Å². The Hall–Kier alpha value is -2.10. The number of amides is 1. The number of halogens is 1. The highest BCUT2D eigenvalue weighted by Crippen LogP contribution is 2.30. The summed E-state index contributed by atoms with van der Waals surface area (Å²) in [5.41, 5.74) is 1.53. The molecule has 19 heavy (non-hydrogen) atoms. The first kappa shape index (κ1) is 12.0. The smallest absolute Gasteiger partial charge is 0.251 e. The molecule has 1 amide bonds. The van der Waals surface area contributed by atoms with Crippen LogP contribution in [0.15, 0.2) is 41.0 Å². The van der Waals surface area contributed by atoms with Crippen LogP contribution in [0.3, 0.4) is 0 Å². The number of hydrogen-bond acceptors (Lipinski definition) is 2. The molecule has 0 saturated heterocycles. The maximum absolute atomic E-state index is 12.8. The molecule has 1 atom stereocenters. The highest BCUT2D eigenvalue weighted by molar-refractivity contribution is 5.94. The predicted molar refractivity (Wildman–Crippen MR) is 68.3 cm³/mol. The van der Waals surface area contributed by atoms with Gasteiger partial charge in [-0.1, -0.05) is 0 Å². The van der Waals surface area contributed by atoms with E-state index in [1.165, 1.54) is 24.3 Å². The van der Waals surface area contributed by atoms with Gasteiger partial charge in [0.1, 0.15) is 11.6 Å². The zero-order valence-corrected chi connectivity index (χ0v) is 10.4. The summed E-state index contributed by atoms with van der Waals surface area (Å²) in [5.74, 6) is 0.432. The lowest BCUT2D eigenvalue weighted by molar-refractivity contribution is 0.0932. The summed E-state index contributed by atoms with van der Waals surface area (Å²) in [6.45, 7) is 0. The Balaban J connectivity index is 1.76. The summed E-state index contributed by atoms with van der Waals surface area (Å²) in [7, 11) is 0. The molecule has 1 heterocycles. The van der Waals surface area contributed by atoms with E-state index in [1.807, 2.05) is 6.07 Å². The van der Waals surface area contributed by atoms with E-state index in [0.29, 0.717) is 5.56 Å². The molecular weight excluding hydrogens is 245 g/mol. The topological polar surface area (TPSA) is 42.2 Å². The highest BCUT2D eigenvalue weighted by atomic mass is 19.1. The fourth-order valence-corrected chi connectivity index (χ4v) is 2.48. The van der Waals surface area contributed by atoms with Gasteiger partial charge in [-0.05, 0) is 43.2 Å². The van der Waals surface area contributed by atoms with E-state index < -0.39 is 0 Å². The largest absolute Gasteiger partial charge is 0.469 e. The maximum atomic E-state index is 12.8. The van der Waals surface area contributed by atoms with Gasteiger partial charge in [0, 0.05) is 17.5 Å². The Labute approximate surface area is 110 Å². The van der Waals surface area contributed by atoms with Crippen LogP contribution in [-0.4, -0.2) is 5.91 Å². The molecule has 0 fully saturated rings. The second-order valence-corrected chi connectivity index (χ2v) is 4.72. The molecule has 0 spiro atoms. The molecule has 1 unspecified atom stereocenters. The number of aryl methyl sites for hydroxylation is 1. The average Bonchev–Trinajstić information content (AvgIpc) is 2.89. The van der Waals surface area contributed by atoms with Crippen LogP contribution in [0.4, 0.5) is 4.39 Å². The van der Waals surface area contributed by atoms with Gasteiger partial charge in [0.15, 0.2) is 0 Å². The van der Waals surface area contributed by atoms with Gasteiger partial charge in [-0.2, -0.15) is 0 Å². The molecule has 0 aliphatic heterocycles. The van der Waals surface area contributed by atoms with Crippen LogP contribution < -0.4 is 5.32 Å². The maximum Gasteiger partial charge on any atom is 0.251 e. The average molecular weight is 259 g/mol. The number of hydrogen-bond donors (Lipinski definition) is 1. The Bertz CT molecular complexity index is 588. The standard InChI is InChI=1S/C15H14FNO2/c16-11-6-4-10(5-7-11)15(18)17-13-2-1-3-14-12(13)8-9-19-14/h4-9,13H,1-3H2,(H,17,18). The van der Waals surface area contributed by atoms with Gasteiger partial charge in [-0.3, -0.25) is 4.79 Å². The van der Waals surface area contributed by atoms with Crippen molar-refractivity contribution in [2.24, 2.45) is 0 Å². The lowest BCUT2D eigenvalue weighted by Gasteiger charge is -2.22. The highest BCUT2D eigenvalue weighted by Gasteiger charge is 2.24. The van der Waals surface area contributed by atoms with E-state index in [2.05, 4.69) is 5.32 Å². The molecule has 1 aliphatic carbocycles. The third kappa shape index (κ3) is 2.38. The SMILES string of the molecule is O=C(NC1CCCc2occc21)c1ccc(F)cc1. The fourth-order valence-electron chi connectivity index (χ4n) is 2.48. The molecule has 1 aromatic heterocycles. The number of fused-ring (bicyclic) bond motifs is 1. The van der Waals surface area contributed by atoms with Crippen molar-refractivity contribution in [2.45, 2.75) is 25.3 Å². The minimum atomic E-state index is -0.341. The van der Waals surface area contributed by atoms with Gasteiger partial charge < -0.3 is 9.73 Å². The third-order valence-electron chi connectivity index (χ3n) is 3.46. The van der Waals surface area contributed by atoms with Crippen LogP contribution in [0.2, 0.25) is 0 Å². The van der Waals surface area contributed by atoms with Crippen LogP contribution in [0.25, 0.3) is 0 Å². The number of carbonyl (C=O) groups excluding carboxylic acids is 1. The second kappa shape index (κ2) is 4.88. The summed E-state index contributed by atoms with van der Waals surface area (Å²) in [6.07, 6.45) is 4.48. The molecule has 2 aromatic rings. The molecule has 98 valence electrons. The van der Waals surface area contributed by atoms with Crippen molar-refractivity contribution in [2.75, 3.05) is 0 Å². The molecule has 1 aromatic carbocycles. The van der Waals surface area contributed by atoms with Crippen molar-refractivity contribution in [3.63, 3.8) is 0 Å². The molecule has 0 radical (unpaired) electrons. The van der Waals surface area contributed by atoms with Crippen molar-refractivity contribution in [1.29, 1.82) is 0 Å². The molecule has 1 aliphatic rings. The number of furan rings is 1. The molecule has 3 rings (SSSR count). The van der Waals surface area contributed by atoms with Crippen molar-refractivity contribution in [1.82, 2.24) is 5.32 Å². The Morgan fingerprint density at radius 3 is 2.84 bits per heavy atom. The predicted octanol–water partition coefficient (Wildman–Crippen LogP) is 3.23. The molecule has 0 bridgehead atoms. The molecule has 4 heteroatoms. The first-order valence-electron chi connectivity index (χ1n) is 6.37. The molecule has 3 nitrogen and oxygen atoms in total. The van der Waals surface area contributed by atoms with Gasteiger partial charge >= 0.3 is 0 Å². The lowest BCUT2D eigenvalue weighted by atomic mass is 9.93. The van der Waals surface area contributed by atoms with E-state index in [-0.39, 0.29) is 17.8 Å². The van der Waals surface area contributed by atoms with Gasteiger partial charge in [-0.15, -0.1) is 0 Å². The Morgan fingerprint density at radius 2 is 2.05 bits per heavy atom.